The van der Waals surface area contributed by atoms with Crippen LogP contribution in [0.15, 0.2) is 0 Å². The number of carboxylic acid groups (broad SMARTS) is 1. The van der Waals surface area contributed by atoms with Crippen molar-refractivity contribution in [3.63, 3.8) is 0 Å². The van der Waals surface area contributed by atoms with Gasteiger partial charge in [0.2, 0.25) is 5.91 Å². The molecule has 18 heavy (non-hydrogen) atoms. The molecule has 0 saturated carbocycles. The van der Waals surface area contributed by atoms with Crippen molar-refractivity contribution in [1.29, 1.82) is 5.26 Å². The molecule has 0 aromatic rings. The molecule has 6 nitrogen and oxygen atoms in total. The summed E-state index contributed by atoms with van der Waals surface area (Å²) in [5, 5.41) is 19.1. The van der Waals surface area contributed by atoms with E-state index in [0.717, 1.165) is 4.90 Å². The van der Waals surface area contributed by atoms with Crippen LogP contribution in [-0.4, -0.2) is 47.1 Å². The average molecular weight is 261 g/mol. The quantitative estimate of drug-likeness (QED) is 0.732. The summed E-state index contributed by atoms with van der Waals surface area (Å²) in [5.74, 6) is -3.57. The number of rotatable bonds is 4. The van der Waals surface area contributed by atoms with Gasteiger partial charge in [-0.25, -0.2) is 13.6 Å². The molecule has 1 atom stereocenters. The highest BCUT2D eigenvalue weighted by Crippen LogP contribution is 2.32. The van der Waals surface area contributed by atoms with Crippen molar-refractivity contribution in [2.45, 2.75) is 31.2 Å². The zero-order valence-electron chi connectivity index (χ0n) is 9.53. The predicted molar refractivity (Wildman–Crippen MR) is 55.9 cm³/mol. The van der Waals surface area contributed by atoms with Crippen LogP contribution in [0.1, 0.15) is 19.3 Å². The summed E-state index contributed by atoms with van der Waals surface area (Å²) in [4.78, 5) is 22.6. The lowest BCUT2D eigenvalue weighted by Gasteiger charge is -2.18. The van der Waals surface area contributed by atoms with Gasteiger partial charge in [0.25, 0.3) is 5.92 Å². The Morgan fingerprint density at radius 3 is 2.78 bits per heavy atom. The Kier molecular flexibility index (Phi) is 4.42. The highest BCUT2D eigenvalue weighted by molar-refractivity contribution is 5.77. The Morgan fingerprint density at radius 1 is 1.56 bits per heavy atom. The zero-order valence-corrected chi connectivity index (χ0v) is 9.53. The van der Waals surface area contributed by atoms with Gasteiger partial charge in [0.05, 0.1) is 12.6 Å². The van der Waals surface area contributed by atoms with E-state index in [1.54, 1.807) is 6.07 Å². The van der Waals surface area contributed by atoms with Gasteiger partial charge in [-0.2, -0.15) is 5.26 Å². The summed E-state index contributed by atoms with van der Waals surface area (Å²) in [5.41, 5.74) is 0. The fourth-order valence-electron chi connectivity index (χ4n) is 1.77. The standard InChI is InChI=1S/C10H13F2N3O3/c11-10(12)4-7(5-13)15(6-10)8(16)2-1-3-14-9(17)18/h7,14H,1-4,6H2,(H,17,18). The number of amides is 2. The summed E-state index contributed by atoms with van der Waals surface area (Å²) in [6.07, 6.45) is -1.69. The normalized spacial score (nSPS) is 21.4. The molecule has 1 aliphatic rings. The maximum absolute atomic E-state index is 13.1. The Morgan fingerprint density at radius 2 is 2.22 bits per heavy atom. The molecule has 100 valence electrons. The number of hydrogen-bond donors (Lipinski definition) is 2. The molecule has 0 bridgehead atoms. The van der Waals surface area contributed by atoms with Crippen molar-refractivity contribution in [3.05, 3.63) is 0 Å². The molecule has 1 fully saturated rings. The minimum atomic E-state index is -3.02. The van der Waals surface area contributed by atoms with Crippen LogP contribution in [0.5, 0.6) is 0 Å². The second kappa shape index (κ2) is 5.62. The zero-order chi connectivity index (χ0) is 13.8. The number of likely N-dealkylation sites (tertiary alicyclic amines) is 1. The molecule has 1 saturated heterocycles. The summed E-state index contributed by atoms with van der Waals surface area (Å²) in [6, 6.07) is 0.577. The van der Waals surface area contributed by atoms with Crippen LogP contribution in [0.3, 0.4) is 0 Å². The molecule has 0 aliphatic carbocycles. The van der Waals surface area contributed by atoms with E-state index in [2.05, 4.69) is 5.32 Å². The topological polar surface area (TPSA) is 93.4 Å². The highest BCUT2D eigenvalue weighted by atomic mass is 19.3. The molecular formula is C10H13F2N3O3. The van der Waals surface area contributed by atoms with Crippen molar-refractivity contribution < 1.29 is 23.5 Å². The monoisotopic (exact) mass is 261 g/mol. The van der Waals surface area contributed by atoms with Gasteiger partial charge >= 0.3 is 6.09 Å². The van der Waals surface area contributed by atoms with Gasteiger partial charge in [0.1, 0.15) is 6.04 Å². The van der Waals surface area contributed by atoms with Crippen LogP contribution >= 0.6 is 0 Å². The van der Waals surface area contributed by atoms with Gasteiger partial charge in [-0.05, 0) is 6.42 Å². The molecule has 2 N–H and O–H groups in total. The molecule has 2 amide bonds. The van der Waals surface area contributed by atoms with Crippen molar-refractivity contribution >= 4 is 12.0 Å². The number of alkyl halides is 2. The Hall–Kier alpha value is -1.91. The smallest absolute Gasteiger partial charge is 0.404 e. The maximum Gasteiger partial charge on any atom is 0.404 e. The second-order valence-corrected chi connectivity index (χ2v) is 4.06. The second-order valence-electron chi connectivity index (χ2n) is 4.06. The molecule has 8 heteroatoms. The fraction of sp³-hybridized carbons (Fsp3) is 0.700. The molecular weight excluding hydrogens is 248 g/mol. The highest BCUT2D eigenvalue weighted by Gasteiger charge is 2.46. The largest absolute Gasteiger partial charge is 0.465 e. The van der Waals surface area contributed by atoms with Gasteiger partial charge in [-0.3, -0.25) is 4.79 Å². The number of nitriles is 1. The molecule has 0 radical (unpaired) electrons. The number of carbonyl (C=O) groups is 2. The van der Waals surface area contributed by atoms with E-state index in [1.807, 2.05) is 0 Å². The van der Waals surface area contributed by atoms with Gasteiger partial charge in [-0.15, -0.1) is 0 Å². The van der Waals surface area contributed by atoms with Crippen LogP contribution in [-0.2, 0) is 4.79 Å². The van der Waals surface area contributed by atoms with E-state index in [0.29, 0.717) is 0 Å². The van der Waals surface area contributed by atoms with Gasteiger partial charge in [0, 0.05) is 19.4 Å². The van der Waals surface area contributed by atoms with Crippen LogP contribution < -0.4 is 5.32 Å². The summed E-state index contributed by atoms with van der Waals surface area (Å²) >= 11 is 0. The number of nitrogens with one attached hydrogen (secondary N) is 1. The Labute approximate surface area is 102 Å². The van der Waals surface area contributed by atoms with Crippen molar-refractivity contribution in [1.82, 2.24) is 10.2 Å². The molecule has 1 aliphatic heterocycles. The fourth-order valence-corrected chi connectivity index (χ4v) is 1.77. The first-order chi connectivity index (χ1) is 8.35. The molecule has 1 rings (SSSR count). The minimum Gasteiger partial charge on any atom is -0.465 e. The van der Waals surface area contributed by atoms with Crippen molar-refractivity contribution in [3.8, 4) is 6.07 Å². The Bertz CT molecular complexity index is 381. The van der Waals surface area contributed by atoms with Gasteiger partial charge in [0.15, 0.2) is 0 Å². The lowest BCUT2D eigenvalue weighted by Crippen LogP contribution is -2.36. The molecule has 0 aromatic heterocycles. The van der Waals surface area contributed by atoms with Gasteiger partial charge < -0.3 is 15.3 Å². The average Bonchev–Trinajstić information content (AvgIpc) is 2.59. The van der Waals surface area contributed by atoms with E-state index in [4.69, 9.17) is 10.4 Å². The molecule has 0 spiro atoms. The summed E-state index contributed by atoms with van der Waals surface area (Å²) in [7, 11) is 0. The summed E-state index contributed by atoms with van der Waals surface area (Å²) in [6.45, 7) is -0.668. The number of carbonyl (C=O) groups excluding carboxylic acids is 1. The van der Waals surface area contributed by atoms with E-state index < -0.39 is 36.9 Å². The third-order valence-electron chi connectivity index (χ3n) is 2.58. The first-order valence-electron chi connectivity index (χ1n) is 5.39. The van der Waals surface area contributed by atoms with Crippen molar-refractivity contribution in [2.75, 3.05) is 13.1 Å². The third-order valence-corrected chi connectivity index (χ3v) is 2.58. The first kappa shape index (κ1) is 14.2. The lowest BCUT2D eigenvalue weighted by atomic mass is 10.2. The van der Waals surface area contributed by atoms with Crippen LogP contribution in [0, 0.1) is 11.3 Å². The Balaban J connectivity index is 2.42. The van der Waals surface area contributed by atoms with Gasteiger partial charge in [-0.1, -0.05) is 0 Å². The molecule has 0 aromatic carbocycles. The van der Waals surface area contributed by atoms with E-state index in [1.165, 1.54) is 0 Å². The van der Waals surface area contributed by atoms with E-state index in [9.17, 15) is 18.4 Å². The first-order valence-corrected chi connectivity index (χ1v) is 5.39. The van der Waals surface area contributed by atoms with E-state index in [-0.39, 0.29) is 19.4 Å². The SMILES string of the molecule is N#CC1CC(F)(F)CN1C(=O)CCCNC(=O)O. The number of hydrogen-bond acceptors (Lipinski definition) is 3. The number of halogens is 2. The van der Waals surface area contributed by atoms with Crippen molar-refractivity contribution in [2.24, 2.45) is 0 Å². The minimum absolute atomic E-state index is 0.0610. The maximum atomic E-state index is 13.1. The van der Waals surface area contributed by atoms with E-state index >= 15 is 0 Å². The van der Waals surface area contributed by atoms with Crippen LogP contribution in [0.25, 0.3) is 0 Å². The van der Waals surface area contributed by atoms with Crippen LogP contribution in [0.4, 0.5) is 13.6 Å². The summed E-state index contributed by atoms with van der Waals surface area (Å²) < 4.78 is 26.1. The number of nitrogens with zero attached hydrogens (tertiary/aromatic N) is 2. The lowest BCUT2D eigenvalue weighted by molar-refractivity contribution is -0.132. The molecule has 1 unspecified atom stereocenters. The third kappa shape index (κ3) is 3.84. The molecule has 1 heterocycles. The van der Waals surface area contributed by atoms with Crippen LogP contribution in [0.2, 0.25) is 0 Å². The predicted octanol–water partition coefficient (Wildman–Crippen LogP) is 0.794.